The van der Waals surface area contributed by atoms with Gasteiger partial charge in [0.25, 0.3) is 11.8 Å². The molecule has 1 heterocycles. The van der Waals surface area contributed by atoms with Crippen LogP contribution in [0.1, 0.15) is 38.4 Å². The fraction of sp³-hybridized carbons (Fsp3) is 0.316. The Labute approximate surface area is 147 Å². The molecule has 0 fully saturated rings. The third-order valence-electron chi connectivity index (χ3n) is 3.79. The molecule has 0 unspecified atom stereocenters. The van der Waals surface area contributed by atoms with Gasteiger partial charge in [-0.3, -0.25) is 14.6 Å². The fourth-order valence-corrected chi connectivity index (χ4v) is 2.40. The Morgan fingerprint density at radius 2 is 1.84 bits per heavy atom. The average molecular weight is 341 g/mol. The zero-order chi connectivity index (χ0) is 18.2. The van der Waals surface area contributed by atoms with Gasteiger partial charge in [0.2, 0.25) is 0 Å². The molecule has 1 aromatic heterocycles. The second-order valence-electron chi connectivity index (χ2n) is 5.75. The highest BCUT2D eigenvalue weighted by molar-refractivity contribution is 6.06. The van der Waals surface area contributed by atoms with Crippen LogP contribution in [0.5, 0.6) is 0 Å². The van der Waals surface area contributed by atoms with Gasteiger partial charge in [0.15, 0.2) is 0 Å². The van der Waals surface area contributed by atoms with E-state index in [1.165, 1.54) is 12.3 Å². The first kappa shape index (κ1) is 18.6. The highest BCUT2D eigenvalue weighted by atomic mass is 16.5. The minimum atomic E-state index is -0.308. The van der Waals surface area contributed by atoms with E-state index >= 15 is 0 Å². The van der Waals surface area contributed by atoms with Crippen LogP contribution in [0.3, 0.4) is 0 Å². The summed E-state index contributed by atoms with van der Waals surface area (Å²) in [5.74, 6) is -0.578. The summed E-state index contributed by atoms with van der Waals surface area (Å²) < 4.78 is 4.94. The summed E-state index contributed by atoms with van der Waals surface area (Å²) in [7, 11) is 1.61. The van der Waals surface area contributed by atoms with Crippen LogP contribution in [0, 0.1) is 13.8 Å². The van der Waals surface area contributed by atoms with Crippen molar-refractivity contribution in [2.75, 3.05) is 25.6 Å². The number of anilines is 1. The number of aromatic nitrogens is 1. The van der Waals surface area contributed by atoms with Crippen molar-refractivity contribution < 1.29 is 14.3 Å². The van der Waals surface area contributed by atoms with E-state index in [9.17, 15) is 9.59 Å². The number of hydrogen-bond donors (Lipinski definition) is 2. The van der Waals surface area contributed by atoms with E-state index < -0.39 is 0 Å². The number of benzene rings is 1. The number of para-hydroxylation sites is 1. The van der Waals surface area contributed by atoms with Gasteiger partial charge in [-0.25, -0.2) is 0 Å². The molecule has 6 heteroatoms. The lowest BCUT2D eigenvalue weighted by molar-refractivity contribution is 0.0943. The van der Waals surface area contributed by atoms with E-state index in [0.29, 0.717) is 18.7 Å². The number of rotatable bonds is 7. The van der Waals surface area contributed by atoms with Crippen LogP contribution in [0.15, 0.2) is 36.5 Å². The van der Waals surface area contributed by atoms with Crippen molar-refractivity contribution in [1.82, 2.24) is 10.3 Å². The van der Waals surface area contributed by atoms with E-state index in [2.05, 4.69) is 15.6 Å². The van der Waals surface area contributed by atoms with Gasteiger partial charge in [0, 0.05) is 37.7 Å². The number of pyridine rings is 1. The molecule has 0 saturated carbocycles. The lowest BCUT2D eigenvalue weighted by Gasteiger charge is -2.12. The molecular weight excluding hydrogens is 318 g/mol. The Hall–Kier alpha value is -2.73. The van der Waals surface area contributed by atoms with E-state index in [4.69, 9.17) is 4.74 Å². The number of carbonyl (C=O) groups is 2. The van der Waals surface area contributed by atoms with Crippen LogP contribution >= 0.6 is 0 Å². The third-order valence-corrected chi connectivity index (χ3v) is 3.79. The van der Waals surface area contributed by atoms with Gasteiger partial charge in [-0.1, -0.05) is 18.2 Å². The van der Waals surface area contributed by atoms with Crippen molar-refractivity contribution in [3.05, 3.63) is 58.9 Å². The van der Waals surface area contributed by atoms with Crippen molar-refractivity contribution in [1.29, 1.82) is 0 Å². The molecule has 0 saturated heterocycles. The molecule has 25 heavy (non-hydrogen) atoms. The monoisotopic (exact) mass is 341 g/mol. The van der Waals surface area contributed by atoms with E-state index in [0.717, 1.165) is 23.2 Å². The zero-order valence-electron chi connectivity index (χ0n) is 14.8. The van der Waals surface area contributed by atoms with Crippen molar-refractivity contribution in [3.63, 3.8) is 0 Å². The maximum absolute atomic E-state index is 12.5. The summed E-state index contributed by atoms with van der Waals surface area (Å²) >= 11 is 0. The van der Waals surface area contributed by atoms with Crippen LogP contribution in [0.2, 0.25) is 0 Å². The maximum Gasteiger partial charge on any atom is 0.269 e. The Morgan fingerprint density at radius 1 is 1.12 bits per heavy atom. The molecule has 2 N–H and O–H groups in total. The van der Waals surface area contributed by atoms with Gasteiger partial charge in [-0.15, -0.1) is 0 Å². The first-order valence-corrected chi connectivity index (χ1v) is 8.13. The number of nitrogens with zero attached hydrogens (tertiary/aromatic N) is 1. The maximum atomic E-state index is 12.5. The molecular formula is C19H23N3O3. The number of hydrogen-bond acceptors (Lipinski definition) is 4. The molecule has 0 atom stereocenters. The second kappa shape index (κ2) is 8.94. The molecule has 2 aromatic rings. The molecule has 2 amide bonds. The molecule has 1 aromatic carbocycles. The first-order chi connectivity index (χ1) is 12.0. The summed E-state index contributed by atoms with van der Waals surface area (Å²) in [5, 5.41) is 5.66. The lowest BCUT2D eigenvalue weighted by atomic mass is 10.1. The van der Waals surface area contributed by atoms with Crippen molar-refractivity contribution in [2.24, 2.45) is 0 Å². The summed E-state index contributed by atoms with van der Waals surface area (Å²) in [6, 6.07) is 8.90. The van der Waals surface area contributed by atoms with E-state index in [1.54, 1.807) is 13.2 Å². The van der Waals surface area contributed by atoms with Crippen LogP contribution in [-0.4, -0.2) is 37.1 Å². The van der Waals surface area contributed by atoms with Crippen LogP contribution < -0.4 is 10.6 Å². The summed E-state index contributed by atoms with van der Waals surface area (Å²) in [5.41, 5.74) is 3.36. The topological polar surface area (TPSA) is 80.3 Å². The number of carbonyl (C=O) groups excluding carboxylic acids is 2. The molecule has 0 bridgehead atoms. The van der Waals surface area contributed by atoms with Crippen LogP contribution in [0.4, 0.5) is 5.69 Å². The van der Waals surface area contributed by atoms with E-state index in [1.807, 2.05) is 32.0 Å². The number of ether oxygens (including phenoxy) is 1. The average Bonchev–Trinajstić information content (AvgIpc) is 2.61. The minimum absolute atomic E-state index is 0.214. The molecule has 0 radical (unpaired) electrons. The van der Waals surface area contributed by atoms with E-state index in [-0.39, 0.29) is 17.5 Å². The molecule has 0 aliphatic rings. The third kappa shape index (κ3) is 5.12. The molecule has 0 aliphatic heterocycles. The highest BCUT2D eigenvalue weighted by Gasteiger charge is 2.13. The van der Waals surface area contributed by atoms with Crippen molar-refractivity contribution >= 4 is 17.5 Å². The first-order valence-electron chi connectivity index (χ1n) is 8.13. The summed E-state index contributed by atoms with van der Waals surface area (Å²) in [6.45, 7) is 4.95. The highest BCUT2D eigenvalue weighted by Crippen LogP contribution is 2.20. The second-order valence-corrected chi connectivity index (χ2v) is 5.75. The van der Waals surface area contributed by atoms with Crippen LogP contribution in [-0.2, 0) is 4.74 Å². The molecule has 132 valence electrons. The lowest BCUT2D eigenvalue weighted by Crippen LogP contribution is -2.26. The largest absolute Gasteiger partial charge is 0.385 e. The SMILES string of the molecule is COCCCNC(=O)c1cc(C(=O)Nc2c(C)cccc2C)ccn1. The van der Waals surface area contributed by atoms with Gasteiger partial charge in [0.05, 0.1) is 0 Å². The number of nitrogens with one attached hydrogen (secondary N) is 2. The minimum Gasteiger partial charge on any atom is -0.385 e. The normalized spacial score (nSPS) is 10.4. The predicted molar refractivity (Wildman–Crippen MR) is 96.9 cm³/mol. The molecule has 2 rings (SSSR count). The quantitative estimate of drug-likeness (QED) is 0.759. The Kier molecular flexibility index (Phi) is 6.65. The Morgan fingerprint density at radius 3 is 2.52 bits per heavy atom. The van der Waals surface area contributed by atoms with Gasteiger partial charge in [0.1, 0.15) is 5.69 Å². The molecule has 0 aliphatic carbocycles. The summed E-state index contributed by atoms with van der Waals surface area (Å²) in [6.07, 6.45) is 2.18. The number of methoxy groups -OCH3 is 1. The van der Waals surface area contributed by atoms with Gasteiger partial charge in [-0.2, -0.15) is 0 Å². The fourth-order valence-electron chi connectivity index (χ4n) is 2.40. The molecule has 0 spiro atoms. The Balaban J connectivity index is 2.07. The number of amides is 2. The summed E-state index contributed by atoms with van der Waals surface area (Å²) in [4.78, 5) is 28.6. The predicted octanol–water partition coefficient (Wildman–Crippen LogP) is 2.72. The van der Waals surface area contributed by atoms with Crippen molar-refractivity contribution in [3.8, 4) is 0 Å². The molecule has 6 nitrogen and oxygen atoms in total. The number of aryl methyl sites for hydroxylation is 2. The van der Waals surface area contributed by atoms with Gasteiger partial charge < -0.3 is 15.4 Å². The smallest absolute Gasteiger partial charge is 0.269 e. The standard InChI is InChI=1S/C19H23N3O3/c1-13-6-4-7-14(2)17(13)22-18(23)15-8-10-20-16(12-15)19(24)21-9-5-11-25-3/h4,6-8,10,12H,5,9,11H2,1-3H3,(H,21,24)(H,22,23). The van der Waals surface area contributed by atoms with Gasteiger partial charge in [-0.05, 0) is 43.5 Å². The van der Waals surface area contributed by atoms with Gasteiger partial charge >= 0.3 is 0 Å². The van der Waals surface area contributed by atoms with Crippen molar-refractivity contribution in [2.45, 2.75) is 20.3 Å². The van der Waals surface area contributed by atoms with Crippen LogP contribution in [0.25, 0.3) is 0 Å². The zero-order valence-corrected chi connectivity index (χ0v) is 14.8. The Bertz CT molecular complexity index is 739.